The molecular weight excluding hydrogens is 284 g/mol. The lowest BCUT2D eigenvalue weighted by Crippen LogP contribution is -2.45. The second kappa shape index (κ2) is 6.07. The minimum Gasteiger partial charge on any atom is -0.310 e. The van der Waals surface area contributed by atoms with E-state index in [4.69, 9.17) is 0 Å². The smallest absolute Gasteiger partial charge is 0.241 e. The van der Waals surface area contributed by atoms with E-state index in [0.717, 1.165) is 18.4 Å². The molecule has 0 saturated heterocycles. The van der Waals surface area contributed by atoms with E-state index in [1.54, 1.807) is 12.1 Å². The minimum absolute atomic E-state index is 0.316. The Bertz CT molecular complexity index is 590. The summed E-state index contributed by atoms with van der Waals surface area (Å²) in [5, 5.41) is 3.28. The van der Waals surface area contributed by atoms with Gasteiger partial charge in [0.2, 0.25) is 10.0 Å². The van der Waals surface area contributed by atoms with Crippen molar-refractivity contribution >= 4 is 10.0 Å². The molecule has 21 heavy (non-hydrogen) atoms. The molecule has 1 saturated carbocycles. The first kappa shape index (κ1) is 16.5. The van der Waals surface area contributed by atoms with Crippen LogP contribution in [0.3, 0.4) is 0 Å². The molecule has 0 radical (unpaired) electrons. The number of nitrogens with one attached hydrogen (secondary N) is 2. The number of benzene rings is 1. The van der Waals surface area contributed by atoms with E-state index in [1.165, 1.54) is 0 Å². The number of sulfonamides is 1. The third-order valence-corrected chi connectivity index (χ3v) is 5.73. The van der Waals surface area contributed by atoms with Gasteiger partial charge in [-0.3, -0.25) is 0 Å². The highest BCUT2D eigenvalue weighted by Crippen LogP contribution is 2.40. The van der Waals surface area contributed by atoms with Crippen LogP contribution in [0.25, 0.3) is 0 Å². The van der Waals surface area contributed by atoms with Gasteiger partial charge in [-0.05, 0) is 44.2 Å². The molecule has 0 aromatic heterocycles. The molecule has 2 N–H and O–H groups in total. The van der Waals surface area contributed by atoms with E-state index in [0.29, 0.717) is 23.4 Å². The van der Waals surface area contributed by atoms with Crippen LogP contribution in [0.4, 0.5) is 0 Å². The van der Waals surface area contributed by atoms with Crippen molar-refractivity contribution in [2.45, 2.75) is 63.6 Å². The average Bonchev–Trinajstić information content (AvgIpc) is 3.20. The van der Waals surface area contributed by atoms with Crippen LogP contribution in [0.15, 0.2) is 29.2 Å². The summed E-state index contributed by atoms with van der Waals surface area (Å²) in [5.74, 6) is 0.452. The Balaban J connectivity index is 2.23. The van der Waals surface area contributed by atoms with Crippen molar-refractivity contribution in [3.8, 4) is 0 Å². The molecule has 1 aliphatic carbocycles. The van der Waals surface area contributed by atoms with Crippen LogP contribution >= 0.6 is 0 Å². The highest BCUT2D eigenvalue weighted by atomic mass is 32.2. The fourth-order valence-electron chi connectivity index (χ4n) is 2.52. The maximum Gasteiger partial charge on any atom is 0.241 e. The molecule has 0 atom stereocenters. The molecule has 1 aromatic carbocycles. The van der Waals surface area contributed by atoms with Gasteiger partial charge in [0.1, 0.15) is 0 Å². The summed E-state index contributed by atoms with van der Waals surface area (Å²) in [6, 6.07) is 7.52. The van der Waals surface area contributed by atoms with Crippen molar-refractivity contribution in [1.82, 2.24) is 10.0 Å². The molecule has 0 bridgehead atoms. The molecular formula is C16H26N2O2S. The summed E-state index contributed by atoms with van der Waals surface area (Å²) in [6.07, 6.45) is 2.21. The molecule has 1 aliphatic rings. The monoisotopic (exact) mass is 310 g/mol. The lowest BCUT2D eigenvalue weighted by Gasteiger charge is -2.26. The van der Waals surface area contributed by atoms with Crippen molar-refractivity contribution in [3.63, 3.8) is 0 Å². The second-order valence-electron chi connectivity index (χ2n) is 6.74. The standard InChI is InChI=1S/C16H26N2O2S/c1-12(2)17-11-13-7-5-6-8-15(13)21(19,20)18-16(3,4)14-9-10-14/h5-8,12,14,17-18H,9-11H2,1-4H3. The molecule has 118 valence electrons. The van der Waals surface area contributed by atoms with E-state index in [-0.39, 0.29) is 5.54 Å². The topological polar surface area (TPSA) is 58.2 Å². The van der Waals surface area contributed by atoms with E-state index < -0.39 is 10.0 Å². The highest BCUT2D eigenvalue weighted by Gasteiger charge is 2.40. The Morgan fingerprint density at radius 2 is 1.86 bits per heavy atom. The molecule has 1 fully saturated rings. The normalized spacial score (nSPS) is 16.4. The van der Waals surface area contributed by atoms with Crippen LogP contribution in [-0.2, 0) is 16.6 Å². The fraction of sp³-hybridized carbons (Fsp3) is 0.625. The van der Waals surface area contributed by atoms with Gasteiger partial charge in [-0.1, -0.05) is 32.0 Å². The van der Waals surface area contributed by atoms with Gasteiger partial charge >= 0.3 is 0 Å². The molecule has 2 rings (SSSR count). The van der Waals surface area contributed by atoms with Gasteiger partial charge in [0.15, 0.2) is 0 Å². The maximum absolute atomic E-state index is 12.7. The van der Waals surface area contributed by atoms with Crippen LogP contribution in [0, 0.1) is 5.92 Å². The van der Waals surface area contributed by atoms with E-state index in [1.807, 2.05) is 39.8 Å². The zero-order chi connectivity index (χ0) is 15.7. The van der Waals surface area contributed by atoms with Crippen molar-refractivity contribution in [2.75, 3.05) is 0 Å². The van der Waals surface area contributed by atoms with Crippen molar-refractivity contribution < 1.29 is 8.42 Å². The lowest BCUT2D eigenvalue weighted by atomic mass is 10.0. The fourth-order valence-corrected chi connectivity index (χ4v) is 4.23. The summed E-state index contributed by atoms with van der Waals surface area (Å²) in [6.45, 7) is 8.59. The van der Waals surface area contributed by atoms with E-state index >= 15 is 0 Å². The van der Waals surface area contributed by atoms with E-state index in [9.17, 15) is 8.42 Å². The van der Waals surface area contributed by atoms with Gasteiger partial charge in [-0.15, -0.1) is 0 Å². The van der Waals surface area contributed by atoms with Gasteiger partial charge in [-0.25, -0.2) is 13.1 Å². The van der Waals surface area contributed by atoms with Gasteiger partial charge < -0.3 is 5.32 Å². The molecule has 0 heterocycles. The first-order valence-electron chi connectivity index (χ1n) is 7.57. The molecule has 0 aliphatic heterocycles. The average molecular weight is 310 g/mol. The summed E-state index contributed by atoms with van der Waals surface area (Å²) in [4.78, 5) is 0.381. The molecule has 0 unspecified atom stereocenters. The zero-order valence-electron chi connectivity index (χ0n) is 13.3. The van der Waals surface area contributed by atoms with Gasteiger partial charge in [-0.2, -0.15) is 0 Å². The predicted octanol–water partition coefficient (Wildman–Crippen LogP) is 2.65. The molecule has 0 spiro atoms. The van der Waals surface area contributed by atoms with Crippen molar-refractivity contribution in [3.05, 3.63) is 29.8 Å². The number of hydrogen-bond acceptors (Lipinski definition) is 3. The van der Waals surface area contributed by atoms with Crippen LogP contribution in [0.2, 0.25) is 0 Å². The van der Waals surface area contributed by atoms with Crippen LogP contribution in [-0.4, -0.2) is 20.0 Å². The molecule has 1 aromatic rings. The van der Waals surface area contributed by atoms with Crippen LogP contribution in [0.5, 0.6) is 0 Å². The highest BCUT2D eigenvalue weighted by molar-refractivity contribution is 7.89. The Hall–Kier alpha value is -0.910. The van der Waals surface area contributed by atoms with Crippen LogP contribution in [0.1, 0.15) is 46.1 Å². The molecule has 5 heteroatoms. The van der Waals surface area contributed by atoms with Gasteiger partial charge in [0, 0.05) is 18.1 Å². The first-order valence-corrected chi connectivity index (χ1v) is 9.06. The largest absolute Gasteiger partial charge is 0.310 e. The number of hydrogen-bond donors (Lipinski definition) is 2. The third-order valence-electron chi connectivity index (χ3n) is 3.96. The summed E-state index contributed by atoms with van der Waals surface area (Å²) in [7, 11) is -3.49. The Kier molecular flexibility index (Phi) is 4.76. The Morgan fingerprint density at radius 1 is 1.24 bits per heavy atom. The third kappa shape index (κ3) is 4.28. The summed E-state index contributed by atoms with van der Waals surface area (Å²) >= 11 is 0. The quantitative estimate of drug-likeness (QED) is 0.814. The van der Waals surface area contributed by atoms with Crippen molar-refractivity contribution in [2.24, 2.45) is 5.92 Å². The van der Waals surface area contributed by atoms with Crippen LogP contribution < -0.4 is 10.0 Å². The molecule has 4 nitrogen and oxygen atoms in total. The van der Waals surface area contributed by atoms with Crippen molar-refractivity contribution in [1.29, 1.82) is 0 Å². The predicted molar refractivity (Wildman–Crippen MR) is 85.5 cm³/mol. The summed E-state index contributed by atoms with van der Waals surface area (Å²) < 4.78 is 28.3. The van der Waals surface area contributed by atoms with Gasteiger partial charge in [0.05, 0.1) is 4.90 Å². The Morgan fingerprint density at radius 3 is 2.43 bits per heavy atom. The maximum atomic E-state index is 12.7. The SMILES string of the molecule is CC(C)NCc1ccccc1S(=O)(=O)NC(C)(C)C1CC1. The minimum atomic E-state index is -3.49. The Labute approximate surface area is 128 Å². The summed E-state index contributed by atoms with van der Waals surface area (Å²) in [5.41, 5.74) is 0.433. The van der Waals surface area contributed by atoms with E-state index in [2.05, 4.69) is 10.0 Å². The number of rotatable bonds is 7. The first-order chi connectivity index (χ1) is 9.72. The second-order valence-corrected chi connectivity index (χ2v) is 8.40. The lowest BCUT2D eigenvalue weighted by molar-refractivity contribution is 0.400. The van der Waals surface area contributed by atoms with Gasteiger partial charge in [0.25, 0.3) is 0 Å². The zero-order valence-corrected chi connectivity index (χ0v) is 14.1. The molecule has 0 amide bonds.